The number of nitro groups is 1. The molecule has 0 bridgehead atoms. The normalized spacial score (nSPS) is 15.5. The molecule has 10 heteroatoms. The highest BCUT2D eigenvalue weighted by Crippen LogP contribution is 2.30. The highest BCUT2D eigenvalue weighted by atomic mass is 16.6. The van der Waals surface area contributed by atoms with E-state index in [2.05, 4.69) is 0 Å². The van der Waals surface area contributed by atoms with Gasteiger partial charge in [-0.3, -0.25) is 40.1 Å². The van der Waals surface area contributed by atoms with Gasteiger partial charge in [-0.15, -0.1) is 0 Å². The van der Waals surface area contributed by atoms with Crippen molar-refractivity contribution < 1.29 is 24.1 Å². The smallest absolute Gasteiger partial charge is 0.282 e. The number of anilines is 1. The van der Waals surface area contributed by atoms with E-state index in [0.717, 1.165) is 6.07 Å². The van der Waals surface area contributed by atoms with Gasteiger partial charge in [0, 0.05) is 18.2 Å². The van der Waals surface area contributed by atoms with E-state index in [1.54, 1.807) is 25.1 Å². The molecule has 0 saturated heterocycles. The lowest BCUT2D eigenvalue weighted by Crippen LogP contribution is -2.54. The van der Waals surface area contributed by atoms with Crippen molar-refractivity contribution >= 4 is 34.9 Å². The Morgan fingerprint density at radius 3 is 2.41 bits per heavy atom. The number of Topliss-reactive ketones (excluding diaryl/α,β-unsaturated/α-hetero) is 1. The maximum Gasteiger partial charge on any atom is 0.282 e. The SMILES string of the molecule is CCN1C(=O)C(C(=O)NNC(=O)c2ccccc2[N+](=O)[O-])C(=O)c2ccccc21. The Balaban J connectivity index is 1.79. The number of carbonyl (C=O) groups is 4. The van der Waals surface area contributed by atoms with Gasteiger partial charge in [-0.1, -0.05) is 24.3 Å². The fourth-order valence-electron chi connectivity index (χ4n) is 3.10. The van der Waals surface area contributed by atoms with E-state index < -0.39 is 40.0 Å². The van der Waals surface area contributed by atoms with Crippen LogP contribution in [-0.2, 0) is 9.59 Å². The molecule has 3 amide bonds. The van der Waals surface area contributed by atoms with Crippen LogP contribution in [0.1, 0.15) is 27.6 Å². The van der Waals surface area contributed by atoms with Crippen molar-refractivity contribution in [2.24, 2.45) is 5.92 Å². The molecule has 2 aromatic carbocycles. The van der Waals surface area contributed by atoms with Gasteiger partial charge in [0.25, 0.3) is 17.5 Å². The number of rotatable bonds is 4. The van der Waals surface area contributed by atoms with E-state index >= 15 is 0 Å². The zero-order valence-corrected chi connectivity index (χ0v) is 15.2. The molecule has 10 nitrogen and oxygen atoms in total. The number of hydrazine groups is 1. The lowest BCUT2D eigenvalue weighted by Gasteiger charge is -2.31. The summed E-state index contributed by atoms with van der Waals surface area (Å²) in [7, 11) is 0. The molecule has 148 valence electrons. The fourth-order valence-corrected chi connectivity index (χ4v) is 3.10. The van der Waals surface area contributed by atoms with Crippen LogP contribution in [0.15, 0.2) is 48.5 Å². The van der Waals surface area contributed by atoms with E-state index in [9.17, 15) is 29.3 Å². The van der Waals surface area contributed by atoms with Gasteiger partial charge in [0.15, 0.2) is 11.7 Å². The van der Waals surface area contributed by atoms with Crippen LogP contribution in [0.2, 0.25) is 0 Å². The third kappa shape index (κ3) is 3.55. The molecule has 0 aromatic heterocycles. The molecule has 1 unspecified atom stereocenters. The van der Waals surface area contributed by atoms with Crippen molar-refractivity contribution in [1.29, 1.82) is 0 Å². The average Bonchev–Trinajstić information content (AvgIpc) is 2.72. The quantitative estimate of drug-likeness (QED) is 0.453. The number of hydrogen-bond donors (Lipinski definition) is 2. The van der Waals surface area contributed by atoms with Crippen molar-refractivity contribution in [3.05, 3.63) is 69.8 Å². The van der Waals surface area contributed by atoms with Crippen LogP contribution >= 0.6 is 0 Å². The summed E-state index contributed by atoms with van der Waals surface area (Å²) in [5.41, 5.74) is 3.96. The van der Waals surface area contributed by atoms with Crippen LogP contribution < -0.4 is 15.8 Å². The molecule has 1 aliphatic rings. The van der Waals surface area contributed by atoms with Crippen LogP contribution in [0.4, 0.5) is 11.4 Å². The van der Waals surface area contributed by atoms with Gasteiger partial charge < -0.3 is 4.90 Å². The number of ketones is 1. The number of nitrogens with one attached hydrogen (secondary N) is 2. The summed E-state index contributed by atoms with van der Waals surface area (Å²) in [6.45, 7) is 1.95. The minimum Gasteiger partial charge on any atom is -0.311 e. The molecule has 1 aliphatic heterocycles. The predicted octanol–water partition coefficient (Wildman–Crippen LogP) is 1.22. The zero-order chi connectivity index (χ0) is 21.1. The Bertz CT molecular complexity index is 1030. The standard InChI is InChI=1S/C19H16N4O6/c1-2-22-13-9-5-3-7-11(13)16(24)15(19(22)27)18(26)21-20-17(25)12-8-4-6-10-14(12)23(28)29/h3-10,15H,2H2,1H3,(H,20,25)(H,21,26). The third-order valence-corrected chi connectivity index (χ3v) is 4.46. The minimum absolute atomic E-state index is 0.221. The molecule has 1 atom stereocenters. The predicted molar refractivity (Wildman–Crippen MR) is 101 cm³/mol. The molecular formula is C19H16N4O6. The average molecular weight is 396 g/mol. The van der Waals surface area contributed by atoms with Crippen molar-refractivity contribution in [3.63, 3.8) is 0 Å². The molecule has 1 heterocycles. The van der Waals surface area contributed by atoms with Gasteiger partial charge in [0.05, 0.1) is 10.6 Å². The third-order valence-electron chi connectivity index (χ3n) is 4.46. The summed E-state index contributed by atoms with van der Waals surface area (Å²) in [5.74, 6) is -5.05. The minimum atomic E-state index is -1.67. The Morgan fingerprint density at radius 2 is 1.72 bits per heavy atom. The zero-order valence-electron chi connectivity index (χ0n) is 15.2. The van der Waals surface area contributed by atoms with Crippen molar-refractivity contribution in [2.75, 3.05) is 11.4 Å². The first-order valence-electron chi connectivity index (χ1n) is 8.65. The molecule has 2 N–H and O–H groups in total. The Kier molecular flexibility index (Phi) is 5.35. The van der Waals surface area contributed by atoms with Gasteiger partial charge in [-0.05, 0) is 25.1 Å². The number of hydrogen-bond acceptors (Lipinski definition) is 6. The first-order chi connectivity index (χ1) is 13.9. The monoisotopic (exact) mass is 396 g/mol. The largest absolute Gasteiger partial charge is 0.311 e. The maximum absolute atomic E-state index is 12.7. The van der Waals surface area contributed by atoms with E-state index in [1.165, 1.54) is 29.2 Å². The van der Waals surface area contributed by atoms with Gasteiger partial charge in [0.1, 0.15) is 5.56 Å². The van der Waals surface area contributed by atoms with Crippen LogP contribution in [0.25, 0.3) is 0 Å². The first-order valence-corrected chi connectivity index (χ1v) is 8.65. The van der Waals surface area contributed by atoms with Crippen LogP contribution in [0, 0.1) is 16.0 Å². The van der Waals surface area contributed by atoms with E-state index in [1.807, 2.05) is 10.9 Å². The second-order valence-electron chi connectivity index (χ2n) is 6.11. The topological polar surface area (TPSA) is 139 Å². The molecule has 2 aromatic rings. The number of nitrogens with zero attached hydrogens (tertiary/aromatic N) is 2. The van der Waals surface area contributed by atoms with Crippen LogP contribution in [-0.4, -0.2) is 35.0 Å². The van der Waals surface area contributed by atoms with Gasteiger partial charge in [0.2, 0.25) is 5.91 Å². The highest BCUT2D eigenvalue weighted by molar-refractivity contribution is 6.31. The van der Waals surface area contributed by atoms with Crippen molar-refractivity contribution in [1.82, 2.24) is 10.9 Å². The fraction of sp³-hybridized carbons (Fsp3) is 0.158. The number of nitro benzene ring substituents is 1. The lowest BCUT2D eigenvalue weighted by atomic mass is 9.89. The summed E-state index contributed by atoms with van der Waals surface area (Å²) in [5, 5.41) is 11.0. The summed E-state index contributed by atoms with van der Waals surface area (Å²) in [4.78, 5) is 61.7. The highest BCUT2D eigenvalue weighted by Gasteiger charge is 2.43. The molecule has 0 spiro atoms. The molecule has 3 rings (SSSR count). The summed E-state index contributed by atoms with van der Waals surface area (Å²) < 4.78 is 0. The van der Waals surface area contributed by atoms with Gasteiger partial charge in [-0.2, -0.15) is 0 Å². The first kappa shape index (κ1) is 19.7. The number of carbonyl (C=O) groups excluding carboxylic acids is 4. The maximum atomic E-state index is 12.7. The summed E-state index contributed by atoms with van der Waals surface area (Å²) >= 11 is 0. The van der Waals surface area contributed by atoms with E-state index in [-0.39, 0.29) is 17.7 Å². The second kappa shape index (κ2) is 7.89. The number of amides is 3. The van der Waals surface area contributed by atoms with Crippen molar-refractivity contribution in [2.45, 2.75) is 6.92 Å². The Hall–Kier alpha value is -4.08. The molecule has 29 heavy (non-hydrogen) atoms. The summed E-state index contributed by atoms with van der Waals surface area (Å²) in [6, 6.07) is 11.6. The Labute approximate surface area is 164 Å². The van der Waals surface area contributed by atoms with E-state index in [4.69, 9.17) is 0 Å². The lowest BCUT2D eigenvalue weighted by molar-refractivity contribution is -0.385. The summed E-state index contributed by atoms with van der Waals surface area (Å²) in [6.07, 6.45) is 0. The van der Waals surface area contributed by atoms with Crippen LogP contribution in [0.5, 0.6) is 0 Å². The van der Waals surface area contributed by atoms with Crippen LogP contribution in [0.3, 0.4) is 0 Å². The number of para-hydroxylation sites is 2. The Morgan fingerprint density at radius 1 is 1.07 bits per heavy atom. The van der Waals surface area contributed by atoms with Crippen molar-refractivity contribution in [3.8, 4) is 0 Å². The van der Waals surface area contributed by atoms with Gasteiger partial charge in [-0.25, -0.2) is 0 Å². The molecule has 0 saturated carbocycles. The van der Waals surface area contributed by atoms with E-state index in [0.29, 0.717) is 5.69 Å². The molecule has 0 aliphatic carbocycles. The molecule has 0 radical (unpaired) electrons. The number of benzene rings is 2. The molecular weight excluding hydrogens is 380 g/mol. The second-order valence-corrected chi connectivity index (χ2v) is 6.11. The number of fused-ring (bicyclic) bond motifs is 1. The molecule has 0 fully saturated rings. The van der Waals surface area contributed by atoms with Gasteiger partial charge >= 0.3 is 0 Å².